The van der Waals surface area contributed by atoms with Gasteiger partial charge < -0.3 is 19.4 Å². The number of piperidine rings is 1. The van der Waals surface area contributed by atoms with Gasteiger partial charge in [0.1, 0.15) is 11.5 Å². The van der Waals surface area contributed by atoms with Gasteiger partial charge in [0.15, 0.2) is 5.69 Å². The zero-order chi connectivity index (χ0) is 27.9. The van der Waals surface area contributed by atoms with Crippen molar-refractivity contribution in [1.82, 2.24) is 24.5 Å². The number of fused-ring (bicyclic) bond motifs is 1. The van der Waals surface area contributed by atoms with E-state index in [0.29, 0.717) is 64.4 Å². The molecule has 10 nitrogen and oxygen atoms in total. The number of likely N-dealkylation sites (tertiary alicyclic amines) is 1. The van der Waals surface area contributed by atoms with Gasteiger partial charge in [-0.25, -0.2) is 4.39 Å². The van der Waals surface area contributed by atoms with Crippen molar-refractivity contribution in [1.29, 1.82) is 0 Å². The van der Waals surface area contributed by atoms with Crippen LogP contribution in [0.2, 0.25) is 0 Å². The van der Waals surface area contributed by atoms with Crippen molar-refractivity contribution in [2.24, 2.45) is 5.92 Å². The fraction of sp³-hybridized carbons (Fsp3) is 0.536. The highest BCUT2D eigenvalue weighted by Crippen LogP contribution is 2.20. The molecule has 3 amide bonds. The number of aryl methyl sites for hydroxylation is 1. The van der Waals surface area contributed by atoms with Crippen LogP contribution >= 0.6 is 0 Å². The van der Waals surface area contributed by atoms with Gasteiger partial charge in [0.25, 0.3) is 11.8 Å². The number of ether oxygens (including phenoxy) is 1. The standard InChI is InChI=1S/C28H36FN5O5/c1-3-31(16-12-25(35)32-13-5-7-21(19-32)28(38)39-4-2)26(36)23-17-24-27(37)33(14-6-15-34(24)30-23)18-20-8-10-22(29)11-9-20/h8-11,17,21H,3-7,12-16,18-19H2,1-2H3/t21-/m1/s1. The third-order valence-electron chi connectivity index (χ3n) is 7.25. The first-order valence-corrected chi connectivity index (χ1v) is 13.7. The molecule has 0 bridgehead atoms. The summed E-state index contributed by atoms with van der Waals surface area (Å²) in [5.41, 5.74) is 1.32. The van der Waals surface area contributed by atoms with Crippen LogP contribution in [-0.2, 0) is 27.4 Å². The Balaban J connectivity index is 1.37. The van der Waals surface area contributed by atoms with E-state index in [9.17, 15) is 23.6 Å². The number of amides is 3. The molecule has 4 rings (SSSR count). The van der Waals surface area contributed by atoms with E-state index in [1.807, 2.05) is 6.92 Å². The van der Waals surface area contributed by atoms with E-state index in [-0.39, 0.29) is 54.1 Å². The van der Waals surface area contributed by atoms with Crippen LogP contribution in [0.3, 0.4) is 0 Å². The predicted molar refractivity (Wildman–Crippen MR) is 140 cm³/mol. The lowest BCUT2D eigenvalue weighted by molar-refractivity contribution is -0.151. The van der Waals surface area contributed by atoms with Gasteiger partial charge >= 0.3 is 5.97 Å². The highest BCUT2D eigenvalue weighted by atomic mass is 19.1. The summed E-state index contributed by atoms with van der Waals surface area (Å²) in [7, 11) is 0. The van der Waals surface area contributed by atoms with E-state index >= 15 is 0 Å². The van der Waals surface area contributed by atoms with Crippen LogP contribution in [0.4, 0.5) is 4.39 Å². The van der Waals surface area contributed by atoms with Crippen molar-refractivity contribution in [3.63, 3.8) is 0 Å². The maximum atomic E-state index is 13.3. The molecule has 3 heterocycles. The molecule has 1 aromatic carbocycles. The molecule has 1 fully saturated rings. The molecule has 0 spiro atoms. The first-order chi connectivity index (χ1) is 18.8. The second kappa shape index (κ2) is 12.9. The number of aromatic nitrogens is 2. The lowest BCUT2D eigenvalue weighted by Crippen LogP contribution is -2.44. The van der Waals surface area contributed by atoms with Gasteiger partial charge in [-0.1, -0.05) is 12.1 Å². The van der Waals surface area contributed by atoms with E-state index in [1.54, 1.807) is 38.4 Å². The summed E-state index contributed by atoms with van der Waals surface area (Å²) in [5.74, 6) is -1.60. The van der Waals surface area contributed by atoms with Crippen molar-refractivity contribution in [3.8, 4) is 0 Å². The van der Waals surface area contributed by atoms with Crippen LogP contribution in [0.15, 0.2) is 30.3 Å². The molecule has 0 unspecified atom stereocenters. The molecule has 2 aromatic rings. The van der Waals surface area contributed by atoms with Crippen LogP contribution in [0.5, 0.6) is 0 Å². The molecule has 210 valence electrons. The van der Waals surface area contributed by atoms with Crippen molar-refractivity contribution in [2.75, 3.05) is 39.3 Å². The minimum absolute atomic E-state index is 0.109. The van der Waals surface area contributed by atoms with Crippen molar-refractivity contribution < 1.29 is 28.3 Å². The van der Waals surface area contributed by atoms with E-state index in [2.05, 4.69) is 5.10 Å². The summed E-state index contributed by atoms with van der Waals surface area (Å²) in [6.07, 6.45) is 2.24. The molecule has 39 heavy (non-hydrogen) atoms. The third kappa shape index (κ3) is 6.82. The summed E-state index contributed by atoms with van der Waals surface area (Å²) in [6, 6.07) is 7.56. The van der Waals surface area contributed by atoms with Crippen molar-refractivity contribution in [3.05, 3.63) is 53.1 Å². The highest BCUT2D eigenvalue weighted by molar-refractivity contribution is 5.98. The van der Waals surface area contributed by atoms with Crippen LogP contribution < -0.4 is 0 Å². The van der Waals surface area contributed by atoms with Gasteiger partial charge in [-0.3, -0.25) is 23.9 Å². The monoisotopic (exact) mass is 541 g/mol. The van der Waals surface area contributed by atoms with Gasteiger partial charge in [-0.2, -0.15) is 5.10 Å². The first kappa shape index (κ1) is 28.3. The maximum Gasteiger partial charge on any atom is 0.310 e. The number of carbonyl (C=O) groups excluding carboxylic acids is 4. The van der Waals surface area contributed by atoms with Crippen LogP contribution in [0.25, 0.3) is 0 Å². The Morgan fingerprint density at radius 3 is 2.59 bits per heavy atom. The molecular weight excluding hydrogens is 505 g/mol. The normalized spacial score (nSPS) is 17.4. The largest absolute Gasteiger partial charge is 0.466 e. The molecule has 1 atom stereocenters. The second-order valence-electron chi connectivity index (χ2n) is 9.91. The molecule has 2 aliphatic heterocycles. The fourth-order valence-electron chi connectivity index (χ4n) is 5.11. The Labute approximate surface area is 227 Å². The summed E-state index contributed by atoms with van der Waals surface area (Å²) < 4.78 is 20.0. The van der Waals surface area contributed by atoms with E-state index in [1.165, 1.54) is 18.2 Å². The topological polar surface area (TPSA) is 105 Å². The number of hydrogen-bond acceptors (Lipinski definition) is 6. The fourth-order valence-corrected chi connectivity index (χ4v) is 5.11. The number of carbonyl (C=O) groups is 4. The molecule has 0 saturated carbocycles. The minimum Gasteiger partial charge on any atom is -0.466 e. The molecule has 11 heteroatoms. The first-order valence-electron chi connectivity index (χ1n) is 13.7. The Kier molecular flexibility index (Phi) is 9.32. The number of hydrogen-bond donors (Lipinski definition) is 0. The zero-order valence-electron chi connectivity index (χ0n) is 22.6. The van der Waals surface area contributed by atoms with E-state index in [0.717, 1.165) is 12.0 Å². The van der Waals surface area contributed by atoms with Crippen LogP contribution in [-0.4, -0.2) is 87.5 Å². The Morgan fingerprint density at radius 1 is 1.10 bits per heavy atom. The molecule has 1 aromatic heterocycles. The zero-order valence-corrected chi connectivity index (χ0v) is 22.6. The Hall–Kier alpha value is -3.76. The van der Waals surface area contributed by atoms with E-state index < -0.39 is 0 Å². The molecule has 2 aliphatic rings. The maximum absolute atomic E-state index is 13.3. The average Bonchev–Trinajstić information content (AvgIpc) is 3.31. The Bertz CT molecular complexity index is 1200. The van der Waals surface area contributed by atoms with Crippen LogP contribution in [0.1, 0.15) is 66.1 Å². The predicted octanol–water partition coefficient (Wildman–Crippen LogP) is 2.72. The number of nitrogens with zero attached hydrogens (tertiary/aromatic N) is 5. The van der Waals surface area contributed by atoms with Crippen molar-refractivity contribution in [2.45, 2.75) is 52.6 Å². The number of halogens is 1. The molecular formula is C28H36FN5O5. The molecule has 0 aliphatic carbocycles. The summed E-state index contributed by atoms with van der Waals surface area (Å²) in [6.45, 7) is 6.77. The molecule has 1 saturated heterocycles. The molecule has 0 radical (unpaired) electrons. The smallest absolute Gasteiger partial charge is 0.310 e. The number of benzene rings is 1. The number of rotatable bonds is 9. The second-order valence-corrected chi connectivity index (χ2v) is 9.91. The quantitative estimate of drug-likeness (QED) is 0.452. The van der Waals surface area contributed by atoms with E-state index in [4.69, 9.17) is 4.74 Å². The van der Waals surface area contributed by atoms with Gasteiger partial charge in [0.2, 0.25) is 5.91 Å². The minimum atomic E-state index is -0.341. The summed E-state index contributed by atoms with van der Waals surface area (Å²) in [4.78, 5) is 56.5. The third-order valence-corrected chi connectivity index (χ3v) is 7.25. The summed E-state index contributed by atoms with van der Waals surface area (Å²) >= 11 is 0. The van der Waals surface area contributed by atoms with Gasteiger partial charge in [0, 0.05) is 58.3 Å². The average molecular weight is 542 g/mol. The van der Waals surface area contributed by atoms with Gasteiger partial charge in [-0.15, -0.1) is 0 Å². The SMILES string of the molecule is CCOC(=O)[C@@H]1CCCN(C(=O)CCN(CC)C(=O)c2cc3n(n2)CCCN(Cc2ccc(F)cc2)C3=O)C1. The van der Waals surface area contributed by atoms with Gasteiger partial charge in [0.05, 0.1) is 12.5 Å². The lowest BCUT2D eigenvalue weighted by atomic mass is 9.98. The van der Waals surface area contributed by atoms with Crippen LogP contribution in [0, 0.1) is 11.7 Å². The van der Waals surface area contributed by atoms with Gasteiger partial charge in [-0.05, 0) is 50.8 Å². The number of esters is 1. The summed E-state index contributed by atoms with van der Waals surface area (Å²) in [5, 5.41) is 4.43. The Morgan fingerprint density at radius 2 is 1.87 bits per heavy atom. The van der Waals surface area contributed by atoms with Crippen molar-refractivity contribution >= 4 is 23.7 Å². The highest BCUT2D eigenvalue weighted by Gasteiger charge is 2.31. The lowest BCUT2D eigenvalue weighted by Gasteiger charge is -2.32. The molecule has 0 N–H and O–H groups in total.